The summed E-state index contributed by atoms with van der Waals surface area (Å²) < 4.78 is 154. The number of hydrogen-bond acceptors (Lipinski definition) is 5. The van der Waals surface area contributed by atoms with Crippen molar-refractivity contribution in [1.82, 2.24) is 0 Å². The van der Waals surface area contributed by atoms with E-state index in [1.807, 2.05) is 0 Å². The molecule has 0 saturated carbocycles. The quantitative estimate of drug-likeness (QED) is 0.209. The molecule has 3 rings (SSSR count). The number of benzene rings is 2. The smallest absolute Gasteiger partial charge is 0.417 e. The molecule has 2 atom stereocenters. The Kier molecular flexibility index (Phi) is 9.33. The molecule has 0 fully saturated rings. The minimum atomic E-state index is -5.14. The molecule has 16 heteroatoms. The Morgan fingerprint density at radius 1 is 1.02 bits per heavy atom. The van der Waals surface area contributed by atoms with Gasteiger partial charge in [-0.25, -0.2) is 8.42 Å². The molecule has 1 aliphatic heterocycles. The van der Waals surface area contributed by atoms with Gasteiger partial charge in [-0.2, -0.15) is 39.5 Å². The number of rotatable bonds is 9. The molecule has 1 heterocycles. The standard InChI is InChI=1S/C25H20ClF9O5S/c1-13(10-41(37,38)11-23(27,28)29)6-20(36)16-4-2-14(7-18(16)25(33,34)35)3-5-17(24(30,31)32)15-8-19(26)22-21(9-15)39-12-40-22/h2-5,7-9,13,17H,6,10-12H2,1H3/b5-3+/t13-,17?/m0/s1. The van der Waals surface area contributed by atoms with Crippen LogP contribution in [0.5, 0.6) is 11.5 Å². The molecule has 0 saturated heterocycles. The van der Waals surface area contributed by atoms with Gasteiger partial charge >= 0.3 is 18.5 Å². The third-order valence-corrected chi connectivity index (χ3v) is 7.87. The van der Waals surface area contributed by atoms with E-state index in [4.69, 9.17) is 21.1 Å². The maximum atomic E-state index is 13.9. The molecular formula is C25H20ClF9O5S. The van der Waals surface area contributed by atoms with Crippen molar-refractivity contribution in [2.75, 3.05) is 18.3 Å². The van der Waals surface area contributed by atoms with Crippen molar-refractivity contribution in [3.63, 3.8) is 0 Å². The van der Waals surface area contributed by atoms with Gasteiger partial charge in [-0.15, -0.1) is 0 Å². The van der Waals surface area contributed by atoms with Gasteiger partial charge in [-0.05, 0) is 35.2 Å². The number of allylic oxidation sites excluding steroid dienone is 1. The number of fused-ring (bicyclic) bond motifs is 1. The zero-order valence-electron chi connectivity index (χ0n) is 20.8. The van der Waals surface area contributed by atoms with Crippen LogP contribution in [-0.2, 0) is 16.0 Å². The van der Waals surface area contributed by atoms with Crippen LogP contribution in [0, 0.1) is 5.92 Å². The van der Waals surface area contributed by atoms with Crippen LogP contribution >= 0.6 is 11.6 Å². The fourth-order valence-corrected chi connectivity index (χ4v) is 6.03. The molecule has 2 aromatic rings. The number of ketones is 1. The van der Waals surface area contributed by atoms with Crippen LogP contribution in [0.4, 0.5) is 39.5 Å². The van der Waals surface area contributed by atoms with Crippen LogP contribution in [0.3, 0.4) is 0 Å². The Hall–Kier alpha value is -2.94. The molecule has 0 radical (unpaired) electrons. The maximum Gasteiger partial charge on any atom is 0.417 e. The molecule has 1 aliphatic rings. The highest BCUT2D eigenvalue weighted by Gasteiger charge is 2.41. The van der Waals surface area contributed by atoms with Crippen molar-refractivity contribution in [1.29, 1.82) is 0 Å². The second-order valence-corrected chi connectivity index (χ2v) is 11.8. The first-order valence-corrected chi connectivity index (χ1v) is 13.7. The summed E-state index contributed by atoms with van der Waals surface area (Å²) in [5, 5.41) is -0.166. The molecule has 1 unspecified atom stereocenters. The molecule has 0 amide bonds. The summed E-state index contributed by atoms with van der Waals surface area (Å²) in [6, 6.07) is 4.12. The summed E-state index contributed by atoms with van der Waals surface area (Å²) in [5.74, 6) is -8.01. The minimum absolute atomic E-state index is 0.0437. The van der Waals surface area contributed by atoms with Crippen molar-refractivity contribution in [3.05, 3.63) is 63.7 Å². The lowest BCUT2D eigenvalue weighted by atomic mass is 9.93. The molecule has 0 aromatic heterocycles. The highest BCUT2D eigenvalue weighted by atomic mass is 35.5. The predicted molar refractivity (Wildman–Crippen MR) is 130 cm³/mol. The van der Waals surface area contributed by atoms with Crippen LogP contribution in [0.25, 0.3) is 6.08 Å². The fourth-order valence-electron chi connectivity index (χ4n) is 4.15. The zero-order valence-corrected chi connectivity index (χ0v) is 22.3. The molecule has 0 bridgehead atoms. The van der Waals surface area contributed by atoms with E-state index in [1.165, 1.54) is 0 Å². The largest absolute Gasteiger partial charge is 0.454 e. The van der Waals surface area contributed by atoms with Crippen molar-refractivity contribution < 1.29 is 62.2 Å². The van der Waals surface area contributed by atoms with Crippen LogP contribution in [0.1, 0.15) is 46.3 Å². The number of carbonyl (C=O) groups is 1. The van der Waals surface area contributed by atoms with Gasteiger partial charge in [-0.1, -0.05) is 42.8 Å². The third-order valence-electron chi connectivity index (χ3n) is 5.75. The van der Waals surface area contributed by atoms with E-state index in [0.717, 1.165) is 31.2 Å². The van der Waals surface area contributed by atoms with Crippen molar-refractivity contribution in [2.24, 2.45) is 5.92 Å². The van der Waals surface area contributed by atoms with Gasteiger partial charge in [0.05, 0.1) is 22.3 Å². The molecule has 0 spiro atoms. The Labute approximate surface area is 232 Å². The predicted octanol–water partition coefficient (Wildman–Crippen LogP) is 7.63. The molecule has 2 aromatic carbocycles. The molecule has 226 valence electrons. The molecule has 0 N–H and O–H groups in total. The fraction of sp³-hybridized carbons (Fsp3) is 0.400. The van der Waals surface area contributed by atoms with Gasteiger partial charge in [0.15, 0.2) is 27.1 Å². The highest BCUT2D eigenvalue weighted by Crippen LogP contribution is 2.45. The molecule has 41 heavy (non-hydrogen) atoms. The van der Waals surface area contributed by atoms with Crippen LogP contribution < -0.4 is 9.47 Å². The van der Waals surface area contributed by atoms with E-state index in [2.05, 4.69) is 0 Å². The van der Waals surface area contributed by atoms with Crippen LogP contribution in [0.15, 0.2) is 36.4 Å². The Morgan fingerprint density at radius 2 is 1.68 bits per heavy atom. The summed E-state index contributed by atoms with van der Waals surface area (Å²) in [6.45, 7) is 0.828. The van der Waals surface area contributed by atoms with Gasteiger partial charge in [0.1, 0.15) is 5.75 Å². The Balaban J connectivity index is 1.88. The topological polar surface area (TPSA) is 69.7 Å². The molecular weight excluding hydrogens is 619 g/mol. The Bertz CT molecular complexity index is 1430. The van der Waals surface area contributed by atoms with E-state index >= 15 is 0 Å². The first-order chi connectivity index (χ1) is 18.7. The number of carbonyl (C=O) groups excluding carboxylic acids is 1. The summed E-state index contributed by atoms with van der Waals surface area (Å²) in [4.78, 5) is 12.6. The number of Topliss-reactive ketones (excluding diaryl/α,β-unsaturated/α-hetero) is 1. The number of ether oxygens (including phenoxy) is 2. The third kappa shape index (κ3) is 8.77. The summed E-state index contributed by atoms with van der Waals surface area (Å²) in [6.07, 6.45) is -14.5. The normalized spacial score (nSPS) is 15.8. The first-order valence-electron chi connectivity index (χ1n) is 11.5. The second kappa shape index (κ2) is 11.7. The summed E-state index contributed by atoms with van der Waals surface area (Å²) >= 11 is 5.97. The lowest BCUT2D eigenvalue weighted by Gasteiger charge is -2.18. The SMILES string of the molecule is C[C@@H](CC(=O)c1ccc(/C=C/C(c2cc(Cl)c3c(c2)OCO3)C(F)(F)F)cc1C(F)(F)F)CS(=O)(=O)CC(F)(F)F. The van der Waals surface area contributed by atoms with Crippen molar-refractivity contribution >= 4 is 33.3 Å². The summed E-state index contributed by atoms with van der Waals surface area (Å²) in [7, 11) is -4.69. The van der Waals surface area contributed by atoms with Crippen molar-refractivity contribution in [3.8, 4) is 11.5 Å². The van der Waals surface area contributed by atoms with Crippen LogP contribution in [0.2, 0.25) is 5.02 Å². The number of hydrogen-bond donors (Lipinski definition) is 0. The number of alkyl halides is 9. The van der Waals surface area contributed by atoms with Gasteiger partial charge in [0, 0.05) is 12.0 Å². The lowest BCUT2D eigenvalue weighted by Crippen LogP contribution is -2.28. The second-order valence-electron chi connectivity index (χ2n) is 9.32. The van der Waals surface area contributed by atoms with E-state index in [0.29, 0.717) is 18.2 Å². The van der Waals surface area contributed by atoms with Gasteiger partial charge < -0.3 is 9.47 Å². The number of sulfone groups is 1. The average molecular weight is 639 g/mol. The van der Waals surface area contributed by atoms with Gasteiger partial charge in [0.2, 0.25) is 6.79 Å². The van der Waals surface area contributed by atoms with E-state index < -0.39 is 75.0 Å². The number of halogens is 10. The monoisotopic (exact) mass is 638 g/mol. The molecule has 0 aliphatic carbocycles. The van der Waals surface area contributed by atoms with Gasteiger partial charge in [0.25, 0.3) is 0 Å². The van der Waals surface area contributed by atoms with Crippen molar-refractivity contribution in [2.45, 2.75) is 37.8 Å². The first kappa shape index (κ1) is 32.6. The molecule has 5 nitrogen and oxygen atoms in total. The van der Waals surface area contributed by atoms with Crippen LogP contribution in [-0.4, -0.2) is 44.9 Å². The maximum absolute atomic E-state index is 13.9. The van der Waals surface area contributed by atoms with E-state index in [9.17, 15) is 52.7 Å². The summed E-state index contributed by atoms with van der Waals surface area (Å²) in [5.41, 5.74) is -3.15. The van der Waals surface area contributed by atoms with Gasteiger partial charge in [-0.3, -0.25) is 4.79 Å². The zero-order chi connectivity index (χ0) is 31.0. The minimum Gasteiger partial charge on any atom is -0.454 e. The Morgan fingerprint density at radius 3 is 2.27 bits per heavy atom. The van der Waals surface area contributed by atoms with E-state index in [1.54, 1.807) is 0 Å². The lowest BCUT2D eigenvalue weighted by molar-refractivity contribution is -0.139. The van der Waals surface area contributed by atoms with E-state index in [-0.39, 0.29) is 34.4 Å². The average Bonchev–Trinajstić information content (AvgIpc) is 3.24. The highest BCUT2D eigenvalue weighted by molar-refractivity contribution is 7.91.